The van der Waals surface area contributed by atoms with Gasteiger partial charge in [0.25, 0.3) is 0 Å². The summed E-state index contributed by atoms with van der Waals surface area (Å²) in [5.74, 6) is 0. The summed E-state index contributed by atoms with van der Waals surface area (Å²) in [6, 6.07) is 8.87. The Morgan fingerprint density at radius 1 is 1.11 bits per heavy atom. The van der Waals surface area contributed by atoms with Crippen LogP contribution in [0.1, 0.15) is 29.8 Å². The molecule has 0 spiro atoms. The zero-order chi connectivity index (χ0) is 12.5. The Balaban J connectivity index is 1.85. The number of benzene rings is 1. The fourth-order valence-electron chi connectivity index (χ4n) is 2.42. The van der Waals surface area contributed by atoms with Gasteiger partial charge < -0.3 is 0 Å². The first kappa shape index (κ1) is 11.8. The van der Waals surface area contributed by atoms with E-state index < -0.39 is 0 Å². The normalized spacial score (nSPS) is 16.6. The molecule has 0 unspecified atom stereocenters. The molecule has 0 saturated heterocycles. The second-order valence-corrected chi connectivity index (χ2v) is 5.33. The molecule has 18 heavy (non-hydrogen) atoms. The second kappa shape index (κ2) is 4.78. The van der Waals surface area contributed by atoms with Crippen LogP contribution >= 0.6 is 15.9 Å². The smallest absolute Gasteiger partial charge is 0.129 e. The predicted octanol–water partition coefficient (Wildman–Crippen LogP) is 3.32. The fraction of sp³-hybridized carbons (Fsp3) is 0.286. The number of nitrogens with zero attached hydrogens (tertiary/aromatic N) is 3. The maximum absolute atomic E-state index is 4.43. The highest BCUT2D eigenvalue weighted by Gasteiger charge is 2.25. The third-order valence-corrected chi connectivity index (χ3v) is 4.10. The molecule has 1 atom stereocenters. The molecule has 0 bridgehead atoms. The molecule has 1 aromatic carbocycles. The van der Waals surface area contributed by atoms with E-state index in [-0.39, 0.29) is 6.04 Å². The highest BCUT2D eigenvalue weighted by molar-refractivity contribution is 9.10. The minimum atomic E-state index is 0.264. The summed E-state index contributed by atoms with van der Waals surface area (Å²) < 4.78 is 0.841. The van der Waals surface area contributed by atoms with Crippen LogP contribution < -0.4 is 0 Å². The fourth-order valence-corrected chi connectivity index (χ4v) is 2.97. The van der Waals surface area contributed by atoms with Crippen LogP contribution in [-0.2, 0) is 13.1 Å². The number of aromatic nitrogens is 2. The summed E-state index contributed by atoms with van der Waals surface area (Å²) in [5, 5.41) is 0. The van der Waals surface area contributed by atoms with Gasteiger partial charge in [-0.2, -0.15) is 0 Å². The van der Waals surface area contributed by atoms with E-state index in [1.807, 2.05) is 0 Å². The molecule has 4 heteroatoms. The average Bonchev–Trinajstić information content (AvgIpc) is 2.82. The Morgan fingerprint density at radius 3 is 2.33 bits per heavy atom. The zero-order valence-electron chi connectivity index (χ0n) is 10.2. The quantitative estimate of drug-likeness (QED) is 0.852. The maximum atomic E-state index is 4.43. The molecule has 1 aliphatic heterocycles. The van der Waals surface area contributed by atoms with E-state index in [0.29, 0.717) is 0 Å². The van der Waals surface area contributed by atoms with Crippen molar-refractivity contribution in [2.75, 3.05) is 0 Å². The van der Waals surface area contributed by atoms with Gasteiger partial charge in [-0.3, -0.25) is 9.88 Å². The van der Waals surface area contributed by atoms with Crippen molar-refractivity contribution in [1.29, 1.82) is 0 Å². The molecule has 0 N–H and O–H groups in total. The molecule has 3 rings (SSSR count). The van der Waals surface area contributed by atoms with Crippen molar-refractivity contribution in [2.24, 2.45) is 0 Å². The first-order chi connectivity index (χ1) is 8.75. The number of fused-ring (bicyclic) bond motifs is 1. The van der Waals surface area contributed by atoms with E-state index in [0.717, 1.165) is 23.4 Å². The maximum Gasteiger partial charge on any atom is 0.129 e. The molecule has 0 fully saturated rings. The average molecular weight is 304 g/mol. The lowest BCUT2D eigenvalue weighted by Gasteiger charge is -2.23. The van der Waals surface area contributed by atoms with Crippen LogP contribution in [-0.4, -0.2) is 14.9 Å². The van der Waals surface area contributed by atoms with Gasteiger partial charge in [-0.05, 0) is 34.0 Å². The van der Waals surface area contributed by atoms with Gasteiger partial charge in [0.15, 0.2) is 0 Å². The van der Waals surface area contributed by atoms with Gasteiger partial charge in [-0.15, -0.1) is 0 Å². The standard InChI is InChI=1S/C14H14BrN3/c1-10(13-14(15)17-7-6-16-13)18-8-11-4-2-3-5-12(11)9-18/h2-7,10H,8-9H2,1H3/t10-/m1/s1. The summed E-state index contributed by atoms with van der Waals surface area (Å²) in [6.45, 7) is 4.15. The van der Waals surface area contributed by atoms with Crippen LogP contribution in [0.25, 0.3) is 0 Å². The third-order valence-electron chi connectivity index (χ3n) is 3.49. The van der Waals surface area contributed by atoms with E-state index in [1.54, 1.807) is 12.4 Å². The topological polar surface area (TPSA) is 29.0 Å². The molecule has 2 aromatic rings. The molecule has 2 heterocycles. The molecule has 0 aliphatic carbocycles. The summed E-state index contributed by atoms with van der Waals surface area (Å²) in [5.41, 5.74) is 3.85. The molecule has 0 radical (unpaired) electrons. The van der Waals surface area contributed by atoms with Gasteiger partial charge in [-0.25, -0.2) is 4.98 Å². The first-order valence-corrected chi connectivity index (χ1v) is 6.82. The van der Waals surface area contributed by atoms with Crippen LogP contribution in [0, 0.1) is 0 Å². The predicted molar refractivity (Wildman–Crippen MR) is 73.8 cm³/mol. The van der Waals surface area contributed by atoms with Crippen molar-refractivity contribution in [2.45, 2.75) is 26.1 Å². The number of halogens is 1. The van der Waals surface area contributed by atoms with E-state index in [9.17, 15) is 0 Å². The van der Waals surface area contributed by atoms with Crippen molar-refractivity contribution >= 4 is 15.9 Å². The van der Waals surface area contributed by atoms with Crippen LogP contribution in [0.3, 0.4) is 0 Å². The zero-order valence-corrected chi connectivity index (χ0v) is 11.8. The largest absolute Gasteiger partial charge is 0.286 e. The van der Waals surface area contributed by atoms with Gasteiger partial charge in [0.2, 0.25) is 0 Å². The van der Waals surface area contributed by atoms with E-state index in [1.165, 1.54) is 11.1 Å². The highest BCUT2D eigenvalue weighted by Crippen LogP contribution is 2.31. The summed E-state index contributed by atoms with van der Waals surface area (Å²) in [4.78, 5) is 11.1. The minimum absolute atomic E-state index is 0.264. The second-order valence-electron chi connectivity index (χ2n) is 4.58. The number of hydrogen-bond acceptors (Lipinski definition) is 3. The number of hydrogen-bond donors (Lipinski definition) is 0. The Kier molecular flexibility index (Phi) is 3.14. The Hall–Kier alpha value is -1.26. The van der Waals surface area contributed by atoms with E-state index >= 15 is 0 Å². The SMILES string of the molecule is C[C@H](c1nccnc1Br)N1Cc2ccccc2C1. The lowest BCUT2D eigenvalue weighted by molar-refractivity contribution is 0.210. The van der Waals surface area contributed by atoms with Gasteiger partial charge >= 0.3 is 0 Å². The Morgan fingerprint density at radius 2 is 1.72 bits per heavy atom. The van der Waals surface area contributed by atoms with Crippen molar-refractivity contribution in [3.8, 4) is 0 Å². The van der Waals surface area contributed by atoms with E-state index in [2.05, 4.69) is 62.0 Å². The monoisotopic (exact) mass is 303 g/mol. The van der Waals surface area contributed by atoms with Gasteiger partial charge in [0, 0.05) is 25.5 Å². The first-order valence-electron chi connectivity index (χ1n) is 6.03. The van der Waals surface area contributed by atoms with Gasteiger partial charge in [0.1, 0.15) is 4.60 Å². The summed E-state index contributed by atoms with van der Waals surface area (Å²) in [6.07, 6.45) is 3.46. The van der Waals surface area contributed by atoms with Crippen molar-refractivity contribution in [1.82, 2.24) is 14.9 Å². The van der Waals surface area contributed by atoms with Crippen molar-refractivity contribution < 1.29 is 0 Å². The molecule has 0 amide bonds. The van der Waals surface area contributed by atoms with E-state index in [4.69, 9.17) is 0 Å². The Bertz CT molecular complexity index is 545. The minimum Gasteiger partial charge on any atom is -0.286 e. The lowest BCUT2D eigenvalue weighted by atomic mass is 10.1. The third kappa shape index (κ3) is 2.06. The number of rotatable bonds is 2. The summed E-state index contributed by atoms with van der Waals surface area (Å²) >= 11 is 3.48. The van der Waals surface area contributed by atoms with Crippen molar-refractivity contribution in [3.05, 3.63) is 58.1 Å². The molecule has 1 aromatic heterocycles. The Labute approximate surface area is 115 Å². The van der Waals surface area contributed by atoms with Gasteiger partial charge in [0.05, 0.1) is 11.7 Å². The molecule has 0 saturated carbocycles. The lowest BCUT2D eigenvalue weighted by Crippen LogP contribution is -2.22. The van der Waals surface area contributed by atoms with Crippen LogP contribution in [0.2, 0.25) is 0 Å². The van der Waals surface area contributed by atoms with Crippen LogP contribution in [0.15, 0.2) is 41.3 Å². The molecular formula is C14H14BrN3. The van der Waals surface area contributed by atoms with Crippen LogP contribution in [0.5, 0.6) is 0 Å². The van der Waals surface area contributed by atoms with Crippen LogP contribution in [0.4, 0.5) is 0 Å². The highest BCUT2D eigenvalue weighted by atomic mass is 79.9. The molecule has 1 aliphatic rings. The molecular weight excluding hydrogens is 290 g/mol. The molecule has 92 valence electrons. The van der Waals surface area contributed by atoms with Crippen molar-refractivity contribution in [3.63, 3.8) is 0 Å². The summed E-state index contributed by atoms with van der Waals surface area (Å²) in [7, 11) is 0. The van der Waals surface area contributed by atoms with Gasteiger partial charge in [-0.1, -0.05) is 24.3 Å². The molecule has 3 nitrogen and oxygen atoms in total.